The van der Waals surface area contributed by atoms with Gasteiger partial charge in [0.15, 0.2) is 11.2 Å². The summed E-state index contributed by atoms with van der Waals surface area (Å²) in [6.07, 6.45) is 4.95. The first-order valence-electron chi connectivity index (χ1n) is 6.23. The summed E-state index contributed by atoms with van der Waals surface area (Å²) in [5.74, 6) is -0.232. The molecule has 0 saturated heterocycles. The zero-order valence-electron chi connectivity index (χ0n) is 10.9. The van der Waals surface area contributed by atoms with Crippen molar-refractivity contribution in [3.05, 3.63) is 64.7 Å². The molecule has 0 aliphatic rings. The second-order valence-corrected chi connectivity index (χ2v) is 4.59. The van der Waals surface area contributed by atoms with Gasteiger partial charge in [0, 0.05) is 35.1 Å². The smallest absolute Gasteiger partial charge is 0.200 e. The van der Waals surface area contributed by atoms with E-state index in [0.29, 0.717) is 10.9 Å². The Morgan fingerprint density at radius 2 is 2.05 bits per heavy atom. The lowest BCUT2D eigenvalue weighted by Gasteiger charge is -2.04. The van der Waals surface area contributed by atoms with E-state index in [1.165, 1.54) is 13.1 Å². The van der Waals surface area contributed by atoms with Crippen LogP contribution in [0.3, 0.4) is 0 Å². The molecule has 0 spiro atoms. The second-order valence-electron chi connectivity index (χ2n) is 4.59. The van der Waals surface area contributed by atoms with Gasteiger partial charge in [-0.1, -0.05) is 12.1 Å². The van der Waals surface area contributed by atoms with Crippen LogP contribution >= 0.6 is 0 Å². The summed E-state index contributed by atoms with van der Waals surface area (Å²) in [6.45, 7) is 1.39. The third-order valence-electron chi connectivity index (χ3n) is 3.25. The maximum Gasteiger partial charge on any atom is 0.200 e. The van der Waals surface area contributed by atoms with E-state index in [9.17, 15) is 9.59 Å². The minimum absolute atomic E-state index is 0.187. The highest BCUT2D eigenvalue weighted by Crippen LogP contribution is 2.21. The van der Waals surface area contributed by atoms with Gasteiger partial charge in [-0.25, -0.2) is 0 Å². The van der Waals surface area contributed by atoms with E-state index in [1.807, 2.05) is 24.3 Å². The van der Waals surface area contributed by atoms with Crippen LogP contribution in [0.5, 0.6) is 0 Å². The molecular formula is C16H12N2O2. The zero-order valence-corrected chi connectivity index (χ0v) is 10.9. The Kier molecular flexibility index (Phi) is 2.91. The van der Waals surface area contributed by atoms with Crippen molar-refractivity contribution in [2.24, 2.45) is 0 Å². The molecule has 0 amide bonds. The highest BCUT2D eigenvalue weighted by molar-refractivity contribution is 5.97. The molecule has 4 heteroatoms. The SMILES string of the molecule is CC(=O)c1c[nH]c2cc(-c3cccnc3)ccc2c1=O. The third-order valence-corrected chi connectivity index (χ3v) is 3.25. The molecule has 0 unspecified atom stereocenters. The summed E-state index contributed by atoms with van der Waals surface area (Å²) in [6, 6.07) is 9.30. The lowest BCUT2D eigenvalue weighted by Crippen LogP contribution is -2.13. The monoisotopic (exact) mass is 264 g/mol. The predicted molar refractivity (Wildman–Crippen MR) is 77.8 cm³/mol. The summed E-state index contributed by atoms with van der Waals surface area (Å²) in [5.41, 5.74) is 2.61. The first-order valence-corrected chi connectivity index (χ1v) is 6.23. The van der Waals surface area contributed by atoms with E-state index in [-0.39, 0.29) is 16.8 Å². The molecule has 3 aromatic rings. The largest absolute Gasteiger partial charge is 0.360 e. The summed E-state index contributed by atoms with van der Waals surface area (Å²) in [7, 11) is 0. The molecule has 0 aliphatic heterocycles. The predicted octanol–water partition coefficient (Wildman–Crippen LogP) is 2.79. The Balaban J connectivity index is 2.22. The van der Waals surface area contributed by atoms with E-state index < -0.39 is 0 Å². The van der Waals surface area contributed by atoms with Crippen LogP contribution < -0.4 is 5.43 Å². The van der Waals surface area contributed by atoms with Gasteiger partial charge in [0.2, 0.25) is 0 Å². The van der Waals surface area contributed by atoms with E-state index in [2.05, 4.69) is 9.97 Å². The number of aromatic nitrogens is 2. The number of Topliss-reactive ketones (excluding diaryl/α,β-unsaturated/α-hetero) is 1. The molecule has 0 atom stereocenters. The maximum atomic E-state index is 12.2. The number of nitrogens with one attached hydrogen (secondary N) is 1. The Bertz CT molecular complexity index is 851. The fourth-order valence-electron chi connectivity index (χ4n) is 2.20. The van der Waals surface area contributed by atoms with Gasteiger partial charge in [-0.2, -0.15) is 0 Å². The number of hydrogen-bond acceptors (Lipinski definition) is 3. The molecule has 2 heterocycles. The summed E-state index contributed by atoms with van der Waals surface area (Å²) in [5, 5.41) is 0.519. The molecule has 1 N–H and O–H groups in total. The van der Waals surface area contributed by atoms with E-state index in [4.69, 9.17) is 0 Å². The van der Waals surface area contributed by atoms with Gasteiger partial charge < -0.3 is 4.98 Å². The number of carbonyl (C=O) groups is 1. The number of nitrogens with zero attached hydrogens (tertiary/aromatic N) is 1. The van der Waals surface area contributed by atoms with E-state index >= 15 is 0 Å². The van der Waals surface area contributed by atoms with Crippen LogP contribution in [0, 0.1) is 0 Å². The number of pyridine rings is 2. The van der Waals surface area contributed by atoms with E-state index in [0.717, 1.165) is 11.1 Å². The maximum absolute atomic E-state index is 12.2. The van der Waals surface area contributed by atoms with Crippen molar-refractivity contribution in [2.45, 2.75) is 6.92 Å². The Labute approximate surface area is 115 Å². The highest BCUT2D eigenvalue weighted by atomic mass is 16.1. The molecular weight excluding hydrogens is 252 g/mol. The van der Waals surface area contributed by atoms with Crippen molar-refractivity contribution in [1.29, 1.82) is 0 Å². The van der Waals surface area contributed by atoms with Crippen LogP contribution in [-0.4, -0.2) is 15.8 Å². The number of aromatic amines is 1. The molecule has 0 radical (unpaired) electrons. The Morgan fingerprint density at radius 1 is 1.20 bits per heavy atom. The van der Waals surface area contributed by atoms with Crippen LogP contribution in [-0.2, 0) is 0 Å². The number of H-pyrrole nitrogens is 1. The van der Waals surface area contributed by atoms with Crippen molar-refractivity contribution in [3.8, 4) is 11.1 Å². The molecule has 0 aliphatic carbocycles. The quantitative estimate of drug-likeness (QED) is 0.724. The number of rotatable bonds is 2. The third kappa shape index (κ3) is 2.01. The number of benzene rings is 1. The van der Waals surface area contributed by atoms with Gasteiger partial charge in [0.05, 0.1) is 5.56 Å². The van der Waals surface area contributed by atoms with Crippen LogP contribution in [0.1, 0.15) is 17.3 Å². The highest BCUT2D eigenvalue weighted by Gasteiger charge is 2.09. The number of fused-ring (bicyclic) bond motifs is 1. The fraction of sp³-hybridized carbons (Fsp3) is 0.0625. The minimum atomic E-state index is -0.232. The number of carbonyl (C=O) groups excluding carboxylic acids is 1. The zero-order chi connectivity index (χ0) is 14.1. The Hall–Kier alpha value is -2.75. The first kappa shape index (κ1) is 12.3. The van der Waals surface area contributed by atoms with Gasteiger partial charge in [-0.3, -0.25) is 14.6 Å². The van der Waals surface area contributed by atoms with Crippen LogP contribution in [0.4, 0.5) is 0 Å². The average molecular weight is 264 g/mol. The number of hydrogen-bond donors (Lipinski definition) is 1. The fourth-order valence-corrected chi connectivity index (χ4v) is 2.20. The van der Waals surface area contributed by atoms with Crippen LogP contribution in [0.15, 0.2) is 53.7 Å². The van der Waals surface area contributed by atoms with Crippen molar-refractivity contribution in [2.75, 3.05) is 0 Å². The van der Waals surface area contributed by atoms with Crippen molar-refractivity contribution >= 4 is 16.7 Å². The molecule has 3 rings (SSSR count). The lowest BCUT2D eigenvalue weighted by molar-refractivity contribution is 0.101. The normalized spacial score (nSPS) is 10.7. The summed E-state index contributed by atoms with van der Waals surface area (Å²) >= 11 is 0. The summed E-state index contributed by atoms with van der Waals surface area (Å²) in [4.78, 5) is 30.6. The molecule has 98 valence electrons. The summed E-state index contributed by atoms with van der Waals surface area (Å²) < 4.78 is 0. The van der Waals surface area contributed by atoms with Gasteiger partial charge in [-0.05, 0) is 30.7 Å². The van der Waals surface area contributed by atoms with Gasteiger partial charge in [0.1, 0.15) is 0 Å². The second kappa shape index (κ2) is 4.74. The standard InChI is InChI=1S/C16H12N2O2/c1-10(19)14-9-18-15-7-11(4-5-13(15)16(14)20)12-3-2-6-17-8-12/h2-9H,1H3,(H,18,20). The Morgan fingerprint density at radius 3 is 2.75 bits per heavy atom. The molecule has 0 saturated carbocycles. The van der Waals surface area contributed by atoms with Gasteiger partial charge in [-0.15, -0.1) is 0 Å². The molecule has 0 bridgehead atoms. The van der Waals surface area contributed by atoms with Crippen LogP contribution in [0.25, 0.3) is 22.0 Å². The molecule has 2 aromatic heterocycles. The van der Waals surface area contributed by atoms with Crippen molar-refractivity contribution in [1.82, 2.24) is 9.97 Å². The van der Waals surface area contributed by atoms with Gasteiger partial charge >= 0.3 is 0 Å². The van der Waals surface area contributed by atoms with Crippen molar-refractivity contribution < 1.29 is 4.79 Å². The van der Waals surface area contributed by atoms with Crippen molar-refractivity contribution in [3.63, 3.8) is 0 Å². The molecule has 20 heavy (non-hydrogen) atoms. The lowest BCUT2D eigenvalue weighted by atomic mass is 10.0. The average Bonchev–Trinajstić information content (AvgIpc) is 2.48. The molecule has 4 nitrogen and oxygen atoms in total. The van der Waals surface area contributed by atoms with E-state index in [1.54, 1.807) is 18.5 Å². The minimum Gasteiger partial charge on any atom is -0.360 e. The van der Waals surface area contributed by atoms with Gasteiger partial charge in [0.25, 0.3) is 0 Å². The topological polar surface area (TPSA) is 62.8 Å². The first-order chi connectivity index (χ1) is 9.66. The van der Waals surface area contributed by atoms with Crippen LogP contribution in [0.2, 0.25) is 0 Å². The molecule has 1 aromatic carbocycles. The number of ketones is 1. The molecule has 0 fully saturated rings.